The maximum absolute atomic E-state index is 12.5. The van der Waals surface area contributed by atoms with Gasteiger partial charge in [0, 0.05) is 17.4 Å². The fourth-order valence-corrected chi connectivity index (χ4v) is 5.70. The second kappa shape index (κ2) is 7.63. The lowest BCUT2D eigenvalue weighted by molar-refractivity contribution is 0.116. The van der Waals surface area contributed by atoms with E-state index in [-0.39, 0.29) is 0 Å². The summed E-state index contributed by atoms with van der Waals surface area (Å²) in [6.07, 6.45) is 0.464. The van der Waals surface area contributed by atoms with Gasteiger partial charge in [0.15, 0.2) is 0 Å². The lowest BCUT2D eigenvalue weighted by Crippen LogP contribution is -2.35. The summed E-state index contributed by atoms with van der Waals surface area (Å²) in [5, 5.41) is 19.3. The van der Waals surface area contributed by atoms with Crippen LogP contribution in [0.4, 0.5) is 5.69 Å². The van der Waals surface area contributed by atoms with Gasteiger partial charge in [0.05, 0.1) is 11.4 Å². The Kier molecular flexibility index (Phi) is 4.39. The molecule has 0 radical (unpaired) electrons. The molecule has 1 unspecified atom stereocenters. The second-order valence-electron chi connectivity index (χ2n) is 9.35. The van der Waals surface area contributed by atoms with Crippen LogP contribution in [0.5, 0.6) is 0 Å². The van der Waals surface area contributed by atoms with Crippen LogP contribution in [0.3, 0.4) is 0 Å². The quantitative estimate of drug-likeness (QED) is 0.276. The van der Waals surface area contributed by atoms with Crippen molar-refractivity contribution in [2.75, 3.05) is 0 Å². The Bertz CT molecular complexity index is 1780. The van der Waals surface area contributed by atoms with E-state index in [1.165, 1.54) is 10.8 Å². The number of aliphatic imine (C=N–C) groups is 1. The highest BCUT2D eigenvalue weighted by Gasteiger charge is 2.44. The molecule has 0 heterocycles. The molecule has 1 aliphatic rings. The molecule has 6 aromatic rings. The first-order chi connectivity index (χ1) is 17.2. The molecule has 0 spiro atoms. The van der Waals surface area contributed by atoms with Gasteiger partial charge >= 0.3 is 0 Å². The Morgan fingerprint density at radius 3 is 2.09 bits per heavy atom. The summed E-state index contributed by atoms with van der Waals surface area (Å²) in [6.45, 7) is 0. The minimum Gasteiger partial charge on any atom is -0.378 e. The number of fused-ring (bicyclic) bond motifs is 3. The van der Waals surface area contributed by atoms with Crippen molar-refractivity contribution in [3.05, 3.63) is 138 Å². The molecule has 0 aliphatic heterocycles. The van der Waals surface area contributed by atoms with Crippen molar-refractivity contribution in [2.45, 2.75) is 12.0 Å². The second-order valence-corrected chi connectivity index (χ2v) is 9.35. The van der Waals surface area contributed by atoms with Gasteiger partial charge in [0.1, 0.15) is 5.60 Å². The normalized spacial score (nSPS) is 18.1. The van der Waals surface area contributed by atoms with Gasteiger partial charge in [0.25, 0.3) is 0 Å². The molecule has 0 saturated carbocycles. The summed E-state index contributed by atoms with van der Waals surface area (Å²) in [7, 11) is 0. The van der Waals surface area contributed by atoms with Crippen molar-refractivity contribution in [1.82, 2.24) is 0 Å². The van der Waals surface area contributed by atoms with E-state index in [4.69, 9.17) is 4.99 Å². The van der Waals surface area contributed by atoms with Crippen LogP contribution in [-0.4, -0.2) is 10.8 Å². The van der Waals surface area contributed by atoms with Crippen LogP contribution in [0.1, 0.15) is 16.7 Å². The standard InChI is InChI=1S/C33H23NO/c35-33(21-22-10-2-1-3-11-22)29-19-9-14-23-13-8-18-28(31(23)29)32(33)34-30-20-24-12-4-5-15-25(24)26-16-6-7-17-27(26)30/h1-20,35H,21H2/b34-32+. The van der Waals surface area contributed by atoms with E-state index in [0.29, 0.717) is 12.1 Å². The van der Waals surface area contributed by atoms with Gasteiger partial charge in [-0.25, -0.2) is 4.99 Å². The van der Waals surface area contributed by atoms with Crippen molar-refractivity contribution in [3.63, 3.8) is 0 Å². The smallest absolute Gasteiger partial charge is 0.137 e. The first-order valence-corrected chi connectivity index (χ1v) is 12.0. The first-order valence-electron chi connectivity index (χ1n) is 12.0. The van der Waals surface area contributed by atoms with Crippen LogP contribution in [-0.2, 0) is 12.0 Å². The van der Waals surface area contributed by atoms with Crippen LogP contribution in [0.2, 0.25) is 0 Å². The number of benzene rings is 6. The fraction of sp³-hybridized carbons (Fsp3) is 0.0606. The summed E-state index contributed by atoms with van der Waals surface area (Å²) < 4.78 is 0. The van der Waals surface area contributed by atoms with Gasteiger partial charge in [-0.3, -0.25) is 0 Å². The van der Waals surface area contributed by atoms with E-state index < -0.39 is 5.60 Å². The Morgan fingerprint density at radius 1 is 0.600 bits per heavy atom. The van der Waals surface area contributed by atoms with E-state index in [9.17, 15) is 5.11 Å². The first kappa shape index (κ1) is 20.1. The summed E-state index contributed by atoms with van der Waals surface area (Å²) in [6, 6.07) is 41.6. The molecule has 2 nitrogen and oxygen atoms in total. The average Bonchev–Trinajstić information content (AvgIpc) is 3.14. The number of rotatable bonds is 3. The molecule has 6 aromatic carbocycles. The lowest BCUT2D eigenvalue weighted by Gasteiger charge is -2.26. The van der Waals surface area contributed by atoms with E-state index in [0.717, 1.165) is 43.9 Å². The Hall–Kier alpha value is -4.27. The molecule has 35 heavy (non-hydrogen) atoms. The Balaban J connectivity index is 1.54. The molecule has 0 saturated heterocycles. The molecule has 2 heteroatoms. The summed E-state index contributed by atoms with van der Waals surface area (Å²) in [4.78, 5) is 5.29. The molecular formula is C33H23NO. The topological polar surface area (TPSA) is 32.6 Å². The van der Waals surface area contributed by atoms with Gasteiger partial charge in [0.2, 0.25) is 0 Å². The highest BCUT2D eigenvalue weighted by Crippen LogP contribution is 2.45. The number of nitrogens with zero attached hydrogens (tertiary/aromatic N) is 1. The number of aliphatic hydroxyl groups is 1. The van der Waals surface area contributed by atoms with Crippen LogP contribution in [0.25, 0.3) is 32.3 Å². The largest absolute Gasteiger partial charge is 0.378 e. The predicted octanol–water partition coefficient (Wildman–Crippen LogP) is 7.71. The molecule has 0 fully saturated rings. The van der Waals surface area contributed by atoms with Crippen LogP contribution in [0.15, 0.2) is 126 Å². The predicted molar refractivity (Wildman–Crippen MR) is 146 cm³/mol. The molecule has 1 aliphatic carbocycles. The van der Waals surface area contributed by atoms with Crippen molar-refractivity contribution >= 4 is 43.7 Å². The third-order valence-corrected chi connectivity index (χ3v) is 7.28. The van der Waals surface area contributed by atoms with E-state index in [2.05, 4.69) is 97.1 Å². The number of hydrogen-bond acceptors (Lipinski definition) is 2. The van der Waals surface area contributed by atoms with Gasteiger partial charge in [-0.15, -0.1) is 0 Å². The molecule has 0 aromatic heterocycles. The molecule has 1 N–H and O–H groups in total. The van der Waals surface area contributed by atoms with E-state index >= 15 is 0 Å². The third kappa shape index (κ3) is 3.04. The van der Waals surface area contributed by atoms with Gasteiger partial charge in [-0.05, 0) is 44.1 Å². The highest BCUT2D eigenvalue weighted by molar-refractivity contribution is 6.23. The number of hydrogen-bond donors (Lipinski definition) is 1. The van der Waals surface area contributed by atoms with Crippen molar-refractivity contribution < 1.29 is 5.11 Å². The SMILES string of the molecule is OC1(Cc2ccccc2)/C(=N/c2cc3ccccc3c3ccccc23)c2cccc3cccc1c23. The lowest BCUT2D eigenvalue weighted by atomic mass is 9.86. The van der Waals surface area contributed by atoms with Crippen molar-refractivity contribution in [1.29, 1.82) is 0 Å². The zero-order valence-corrected chi connectivity index (χ0v) is 19.1. The Morgan fingerprint density at radius 2 is 1.26 bits per heavy atom. The summed E-state index contributed by atoms with van der Waals surface area (Å²) in [5.41, 5.74) is 3.39. The molecule has 1 atom stereocenters. The summed E-state index contributed by atoms with van der Waals surface area (Å²) >= 11 is 0. The molecule has 0 amide bonds. The van der Waals surface area contributed by atoms with E-state index in [1.807, 2.05) is 24.3 Å². The molecule has 166 valence electrons. The summed E-state index contributed by atoms with van der Waals surface area (Å²) in [5.74, 6) is 0. The van der Waals surface area contributed by atoms with Crippen LogP contribution in [0, 0.1) is 0 Å². The minimum absolute atomic E-state index is 0.464. The monoisotopic (exact) mass is 449 g/mol. The maximum Gasteiger partial charge on any atom is 0.137 e. The highest BCUT2D eigenvalue weighted by atomic mass is 16.3. The zero-order valence-electron chi connectivity index (χ0n) is 19.1. The van der Waals surface area contributed by atoms with Crippen LogP contribution >= 0.6 is 0 Å². The molecular weight excluding hydrogens is 426 g/mol. The Labute approximate surface area is 203 Å². The van der Waals surface area contributed by atoms with Gasteiger partial charge < -0.3 is 5.11 Å². The van der Waals surface area contributed by atoms with Crippen molar-refractivity contribution in [2.24, 2.45) is 4.99 Å². The zero-order chi connectivity index (χ0) is 23.4. The van der Waals surface area contributed by atoms with Gasteiger partial charge in [-0.2, -0.15) is 0 Å². The maximum atomic E-state index is 12.5. The van der Waals surface area contributed by atoms with Gasteiger partial charge in [-0.1, -0.05) is 115 Å². The van der Waals surface area contributed by atoms with Crippen LogP contribution < -0.4 is 0 Å². The fourth-order valence-electron chi connectivity index (χ4n) is 5.70. The average molecular weight is 450 g/mol. The minimum atomic E-state index is -1.22. The molecule has 0 bridgehead atoms. The third-order valence-electron chi connectivity index (χ3n) is 7.28. The van der Waals surface area contributed by atoms with E-state index in [1.54, 1.807) is 0 Å². The van der Waals surface area contributed by atoms with Crippen molar-refractivity contribution in [3.8, 4) is 0 Å². The molecule has 7 rings (SSSR count).